The van der Waals surface area contributed by atoms with E-state index in [9.17, 15) is 4.79 Å². The van der Waals surface area contributed by atoms with Gasteiger partial charge in [0.25, 0.3) is 5.91 Å². The number of nitrogens with zero attached hydrogens (tertiary/aromatic N) is 2. The van der Waals surface area contributed by atoms with Gasteiger partial charge in [-0.15, -0.1) is 0 Å². The summed E-state index contributed by atoms with van der Waals surface area (Å²) < 4.78 is 17.0. The normalized spacial score (nSPS) is 27.8. The molecule has 4 unspecified atom stereocenters. The minimum absolute atomic E-state index is 0.0323. The van der Waals surface area contributed by atoms with Crippen molar-refractivity contribution in [2.75, 3.05) is 41.0 Å². The number of carbonyl (C=O) groups excluding carboxylic acids is 1. The summed E-state index contributed by atoms with van der Waals surface area (Å²) in [5.41, 5.74) is 0. The molecule has 1 heterocycles. The summed E-state index contributed by atoms with van der Waals surface area (Å²) in [5, 5.41) is 0.858. The maximum atomic E-state index is 12.9. The van der Waals surface area contributed by atoms with Crippen LogP contribution < -0.4 is 4.74 Å². The van der Waals surface area contributed by atoms with Crippen LogP contribution in [0.2, 0.25) is 10.0 Å². The molecule has 0 bridgehead atoms. The Morgan fingerprint density at radius 1 is 1.10 bits per heavy atom. The van der Waals surface area contributed by atoms with Crippen LogP contribution >= 0.6 is 23.2 Å². The highest BCUT2D eigenvalue weighted by atomic mass is 35.5. The molecule has 4 atom stereocenters. The molecule has 0 N–H and O–H groups in total. The fraction of sp³-hybridized carbons (Fsp3) is 0.667. The first-order chi connectivity index (χ1) is 13.9. The molecule has 1 aromatic rings. The molecule has 1 aromatic carbocycles. The first-order valence-electron chi connectivity index (χ1n) is 10.1. The monoisotopic (exact) mass is 444 g/mol. The average Bonchev–Trinajstić information content (AvgIpc) is 3.27. The van der Waals surface area contributed by atoms with Crippen LogP contribution in [0.4, 0.5) is 0 Å². The summed E-state index contributed by atoms with van der Waals surface area (Å²) in [6.45, 7) is 2.08. The number of likely N-dealkylation sites (N-methyl/N-ethyl adjacent to an activating group) is 1. The third-order valence-corrected chi connectivity index (χ3v) is 6.90. The zero-order chi connectivity index (χ0) is 21.0. The van der Waals surface area contributed by atoms with E-state index >= 15 is 0 Å². The first kappa shape index (κ1) is 22.6. The van der Waals surface area contributed by atoms with E-state index in [-0.39, 0.29) is 36.8 Å². The predicted octanol–water partition coefficient (Wildman–Crippen LogP) is 3.49. The van der Waals surface area contributed by atoms with Gasteiger partial charge in [-0.2, -0.15) is 0 Å². The molecule has 6 nitrogen and oxygen atoms in total. The number of carbonyl (C=O) groups is 1. The molecule has 0 aromatic heterocycles. The van der Waals surface area contributed by atoms with Crippen LogP contribution in [0.5, 0.6) is 5.75 Å². The zero-order valence-electron chi connectivity index (χ0n) is 17.3. The average molecular weight is 445 g/mol. The number of hydrogen-bond donors (Lipinski definition) is 0. The molecular formula is C21H30Cl2N2O4. The van der Waals surface area contributed by atoms with Crippen LogP contribution in [0.25, 0.3) is 0 Å². The van der Waals surface area contributed by atoms with Gasteiger partial charge in [-0.05, 0) is 50.9 Å². The highest BCUT2D eigenvalue weighted by Crippen LogP contribution is 2.32. The van der Waals surface area contributed by atoms with Crippen LogP contribution in [0.15, 0.2) is 18.2 Å². The van der Waals surface area contributed by atoms with E-state index < -0.39 is 0 Å². The van der Waals surface area contributed by atoms with Crippen LogP contribution in [0.1, 0.15) is 25.7 Å². The van der Waals surface area contributed by atoms with Crippen molar-refractivity contribution in [3.8, 4) is 5.75 Å². The summed E-state index contributed by atoms with van der Waals surface area (Å²) in [7, 11) is 5.30. The van der Waals surface area contributed by atoms with Crippen molar-refractivity contribution in [2.45, 2.75) is 50.0 Å². The van der Waals surface area contributed by atoms with Crippen LogP contribution in [-0.2, 0) is 14.3 Å². The lowest BCUT2D eigenvalue weighted by molar-refractivity contribution is -0.142. The number of benzene rings is 1. The van der Waals surface area contributed by atoms with Gasteiger partial charge in [-0.1, -0.05) is 23.2 Å². The van der Waals surface area contributed by atoms with Crippen molar-refractivity contribution < 1.29 is 19.0 Å². The second kappa shape index (κ2) is 10.3. The summed E-state index contributed by atoms with van der Waals surface area (Å²) in [6.07, 6.45) is 4.00. The van der Waals surface area contributed by atoms with E-state index in [1.165, 1.54) is 12.8 Å². The Morgan fingerprint density at radius 2 is 1.76 bits per heavy atom. The lowest BCUT2D eigenvalue weighted by Crippen LogP contribution is -2.59. The Hall–Kier alpha value is -1.05. The molecule has 0 radical (unpaired) electrons. The molecule has 1 aliphatic heterocycles. The highest BCUT2D eigenvalue weighted by Gasteiger charge is 2.43. The fourth-order valence-electron chi connectivity index (χ4n) is 4.47. The smallest absolute Gasteiger partial charge is 0.260 e. The fourth-order valence-corrected chi connectivity index (χ4v) is 4.76. The molecule has 1 saturated carbocycles. The lowest BCUT2D eigenvalue weighted by Gasteiger charge is -2.47. The highest BCUT2D eigenvalue weighted by molar-refractivity contribution is 6.42. The van der Waals surface area contributed by atoms with E-state index in [1.54, 1.807) is 32.4 Å². The number of methoxy groups -OCH3 is 2. The molecule has 8 heteroatoms. The van der Waals surface area contributed by atoms with Gasteiger partial charge in [0, 0.05) is 39.4 Å². The summed E-state index contributed by atoms with van der Waals surface area (Å²) in [5.74, 6) is 0.450. The maximum Gasteiger partial charge on any atom is 0.260 e. The van der Waals surface area contributed by atoms with E-state index in [1.807, 2.05) is 11.9 Å². The molecule has 3 rings (SSSR count). The molecule has 29 heavy (non-hydrogen) atoms. The van der Waals surface area contributed by atoms with Crippen molar-refractivity contribution in [3.05, 3.63) is 28.2 Å². The molecule has 2 aliphatic rings. The Labute approximate surface area is 183 Å². The molecule has 1 amide bonds. The van der Waals surface area contributed by atoms with Crippen LogP contribution in [0, 0.1) is 0 Å². The Kier molecular flexibility index (Phi) is 8.05. The summed E-state index contributed by atoms with van der Waals surface area (Å²) >= 11 is 12.0. The van der Waals surface area contributed by atoms with Crippen molar-refractivity contribution in [1.29, 1.82) is 0 Å². The number of halogens is 2. The molecule has 162 valence electrons. The zero-order valence-corrected chi connectivity index (χ0v) is 18.8. The molecule has 0 spiro atoms. The number of likely N-dealkylation sites (tertiary alicyclic amines) is 1. The SMILES string of the molecule is COC1CC(N2CCCC2)C(N(C)C(=O)COc2ccc(Cl)c(Cl)c2)CC1OC. The van der Waals surface area contributed by atoms with Gasteiger partial charge >= 0.3 is 0 Å². The van der Waals surface area contributed by atoms with E-state index in [0.717, 1.165) is 25.9 Å². The Bertz CT molecular complexity index is 699. The molecular weight excluding hydrogens is 415 g/mol. The molecule has 1 saturated heterocycles. The van der Waals surface area contributed by atoms with Crippen molar-refractivity contribution in [3.63, 3.8) is 0 Å². The van der Waals surface area contributed by atoms with E-state index in [0.29, 0.717) is 15.8 Å². The third kappa shape index (κ3) is 5.36. The topological polar surface area (TPSA) is 51.2 Å². The van der Waals surface area contributed by atoms with Gasteiger partial charge in [-0.25, -0.2) is 0 Å². The largest absolute Gasteiger partial charge is 0.484 e. The second-order valence-corrected chi connectivity index (χ2v) is 8.58. The summed E-state index contributed by atoms with van der Waals surface area (Å²) in [6, 6.07) is 5.29. The van der Waals surface area contributed by atoms with Crippen LogP contribution in [-0.4, -0.2) is 81.0 Å². The van der Waals surface area contributed by atoms with Crippen LogP contribution in [0.3, 0.4) is 0 Å². The second-order valence-electron chi connectivity index (χ2n) is 7.77. The van der Waals surface area contributed by atoms with E-state index in [2.05, 4.69) is 4.90 Å². The Balaban J connectivity index is 1.68. The first-order valence-corrected chi connectivity index (χ1v) is 10.8. The number of rotatable bonds is 7. The van der Waals surface area contributed by atoms with Crippen molar-refractivity contribution in [1.82, 2.24) is 9.80 Å². The maximum absolute atomic E-state index is 12.9. The minimum Gasteiger partial charge on any atom is -0.484 e. The number of ether oxygens (including phenoxy) is 3. The quantitative estimate of drug-likeness (QED) is 0.643. The predicted molar refractivity (Wildman–Crippen MR) is 114 cm³/mol. The van der Waals surface area contributed by atoms with Gasteiger partial charge in [0.1, 0.15) is 5.75 Å². The number of hydrogen-bond acceptors (Lipinski definition) is 5. The van der Waals surface area contributed by atoms with Crippen molar-refractivity contribution in [2.24, 2.45) is 0 Å². The van der Waals surface area contributed by atoms with Gasteiger partial charge < -0.3 is 19.1 Å². The van der Waals surface area contributed by atoms with Gasteiger partial charge in [0.15, 0.2) is 6.61 Å². The van der Waals surface area contributed by atoms with Gasteiger partial charge in [0.05, 0.1) is 22.3 Å². The summed E-state index contributed by atoms with van der Waals surface area (Å²) in [4.78, 5) is 17.2. The third-order valence-electron chi connectivity index (χ3n) is 6.17. The van der Waals surface area contributed by atoms with E-state index in [4.69, 9.17) is 37.4 Å². The molecule has 2 fully saturated rings. The molecule has 1 aliphatic carbocycles. The standard InChI is InChI=1S/C21H30Cl2N2O4/c1-24(21(26)13-29-14-6-7-15(22)16(23)10-14)17-11-19(27-2)20(28-3)12-18(17)25-8-4-5-9-25/h6-7,10,17-20H,4-5,8-9,11-13H2,1-3H3. The van der Waals surface area contributed by atoms with Gasteiger partial charge in [0.2, 0.25) is 0 Å². The number of amides is 1. The minimum atomic E-state index is -0.0732. The Morgan fingerprint density at radius 3 is 2.38 bits per heavy atom. The van der Waals surface area contributed by atoms with Crippen molar-refractivity contribution >= 4 is 29.1 Å². The lowest BCUT2D eigenvalue weighted by atomic mass is 9.84. The van der Waals surface area contributed by atoms with Gasteiger partial charge in [-0.3, -0.25) is 9.69 Å².